The summed E-state index contributed by atoms with van der Waals surface area (Å²) in [7, 11) is 0. The summed E-state index contributed by atoms with van der Waals surface area (Å²) >= 11 is 10.9. The van der Waals surface area contributed by atoms with Gasteiger partial charge in [0.15, 0.2) is 10.7 Å². The Bertz CT molecular complexity index is 195. The molecule has 1 aromatic heterocycles. The first-order valence-corrected chi connectivity index (χ1v) is 3.24. The second kappa shape index (κ2) is 2.54. The molecule has 1 rings (SSSR count). The number of alkyl halides is 2. The van der Waals surface area contributed by atoms with E-state index in [9.17, 15) is 0 Å². The molecule has 5 heteroatoms. The molecule has 1 N–H and O–H groups in total. The van der Waals surface area contributed by atoms with E-state index >= 15 is 0 Å². The van der Waals surface area contributed by atoms with Crippen molar-refractivity contribution in [2.45, 2.75) is 11.8 Å². The average Bonchev–Trinajstić information content (AvgIpc) is 2.14. The highest BCUT2D eigenvalue weighted by molar-refractivity contribution is 6.43. The van der Waals surface area contributed by atoms with E-state index in [2.05, 4.69) is 15.2 Å². The molecule has 0 aliphatic heterocycles. The number of nitrogens with zero attached hydrogens (tertiary/aromatic N) is 2. The topological polar surface area (TPSA) is 41.6 Å². The molecule has 0 spiro atoms. The van der Waals surface area contributed by atoms with Crippen molar-refractivity contribution >= 4 is 23.2 Å². The van der Waals surface area contributed by atoms with Crippen molar-refractivity contribution in [2.24, 2.45) is 0 Å². The van der Waals surface area contributed by atoms with Crippen molar-refractivity contribution in [1.29, 1.82) is 0 Å². The lowest BCUT2D eigenvalue weighted by Gasteiger charge is -1.87. The molecular weight excluding hydrogens is 161 g/mol. The Morgan fingerprint density at radius 2 is 2.22 bits per heavy atom. The van der Waals surface area contributed by atoms with Crippen LogP contribution in [0.15, 0.2) is 0 Å². The van der Waals surface area contributed by atoms with Gasteiger partial charge in [-0.25, -0.2) is 4.98 Å². The molecule has 0 saturated heterocycles. The van der Waals surface area contributed by atoms with Crippen molar-refractivity contribution < 1.29 is 0 Å². The standard InChI is InChI=1S/C4H5Cl2N3/c1-2-7-4(3(5)6)9-8-2/h3H,1H3,(H,7,8,9). The van der Waals surface area contributed by atoms with Gasteiger partial charge in [0, 0.05) is 0 Å². The SMILES string of the molecule is Cc1nc(C(Cl)Cl)n[nH]1. The van der Waals surface area contributed by atoms with Gasteiger partial charge in [0.05, 0.1) is 0 Å². The van der Waals surface area contributed by atoms with Gasteiger partial charge >= 0.3 is 0 Å². The fourth-order valence-corrected chi connectivity index (χ4v) is 0.653. The molecule has 0 bridgehead atoms. The van der Waals surface area contributed by atoms with E-state index in [1.54, 1.807) is 6.92 Å². The van der Waals surface area contributed by atoms with Crippen molar-refractivity contribution in [1.82, 2.24) is 15.2 Å². The number of H-pyrrole nitrogens is 1. The van der Waals surface area contributed by atoms with Gasteiger partial charge in [-0.2, -0.15) is 5.10 Å². The maximum Gasteiger partial charge on any atom is 0.183 e. The number of halogens is 2. The Hall–Kier alpha value is -0.280. The second-order valence-corrected chi connectivity index (χ2v) is 2.68. The lowest BCUT2D eigenvalue weighted by molar-refractivity contribution is 0.999. The average molecular weight is 166 g/mol. The zero-order valence-electron chi connectivity index (χ0n) is 4.73. The van der Waals surface area contributed by atoms with Gasteiger partial charge in [0.25, 0.3) is 0 Å². The van der Waals surface area contributed by atoms with Crippen molar-refractivity contribution in [3.8, 4) is 0 Å². The third kappa shape index (κ3) is 1.56. The van der Waals surface area contributed by atoms with Crippen LogP contribution in [0.4, 0.5) is 0 Å². The summed E-state index contributed by atoms with van der Waals surface area (Å²) in [5, 5.41) is 6.34. The van der Waals surface area contributed by atoms with Crippen LogP contribution in [0.5, 0.6) is 0 Å². The number of nitrogens with one attached hydrogen (secondary N) is 1. The summed E-state index contributed by atoms with van der Waals surface area (Å²) in [5.74, 6) is 1.15. The largest absolute Gasteiger partial charge is 0.263 e. The first-order chi connectivity index (χ1) is 4.20. The van der Waals surface area contributed by atoms with E-state index < -0.39 is 4.84 Å². The van der Waals surface area contributed by atoms with Crippen LogP contribution in [0.2, 0.25) is 0 Å². The van der Waals surface area contributed by atoms with E-state index in [4.69, 9.17) is 23.2 Å². The zero-order chi connectivity index (χ0) is 6.85. The molecule has 0 aliphatic carbocycles. The summed E-state index contributed by atoms with van der Waals surface area (Å²) in [4.78, 5) is 3.25. The lowest BCUT2D eigenvalue weighted by Crippen LogP contribution is -1.83. The van der Waals surface area contributed by atoms with E-state index in [0.29, 0.717) is 5.82 Å². The molecule has 0 amide bonds. The number of aromatic amines is 1. The Labute approximate surface area is 62.4 Å². The van der Waals surface area contributed by atoms with Crippen LogP contribution >= 0.6 is 23.2 Å². The fourth-order valence-electron chi connectivity index (χ4n) is 0.458. The summed E-state index contributed by atoms with van der Waals surface area (Å²) in [5.41, 5.74) is 0. The number of hydrogen-bond donors (Lipinski definition) is 1. The molecule has 3 nitrogen and oxygen atoms in total. The van der Waals surface area contributed by atoms with E-state index in [-0.39, 0.29) is 0 Å². The van der Waals surface area contributed by atoms with Crippen molar-refractivity contribution in [3.05, 3.63) is 11.6 Å². The lowest BCUT2D eigenvalue weighted by atomic mass is 10.7. The Balaban J connectivity index is 2.85. The molecule has 0 fully saturated rings. The molecule has 50 valence electrons. The highest BCUT2D eigenvalue weighted by atomic mass is 35.5. The fraction of sp³-hybridized carbons (Fsp3) is 0.500. The third-order valence-electron chi connectivity index (χ3n) is 0.810. The van der Waals surface area contributed by atoms with Gasteiger partial charge in [-0.05, 0) is 6.92 Å². The van der Waals surface area contributed by atoms with Crippen LogP contribution in [0.3, 0.4) is 0 Å². The summed E-state index contributed by atoms with van der Waals surface area (Å²) < 4.78 is 0. The van der Waals surface area contributed by atoms with Crippen LogP contribution < -0.4 is 0 Å². The summed E-state index contributed by atoms with van der Waals surface area (Å²) in [6.07, 6.45) is 0. The maximum atomic E-state index is 5.44. The van der Waals surface area contributed by atoms with E-state index in [1.165, 1.54) is 0 Å². The molecule has 9 heavy (non-hydrogen) atoms. The molecule has 0 aromatic carbocycles. The highest BCUT2D eigenvalue weighted by Crippen LogP contribution is 2.19. The Morgan fingerprint density at radius 1 is 1.56 bits per heavy atom. The monoisotopic (exact) mass is 165 g/mol. The first-order valence-electron chi connectivity index (χ1n) is 2.37. The van der Waals surface area contributed by atoms with Crippen LogP contribution in [-0.2, 0) is 0 Å². The molecule has 0 saturated carbocycles. The van der Waals surface area contributed by atoms with Crippen LogP contribution in [-0.4, -0.2) is 15.2 Å². The normalized spacial score (nSPS) is 10.7. The van der Waals surface area contributed by atoms with Gasteiger partial charge in [-0.1, -0.05) is 23.2 Å². The minimum absolute atomic E-state index is 0.427. The van der Waals surface area contributed by atoms with Gasteiger partial charge in [-0.15, -0.1) is 0 Å². The van der Waals surface area contributed by atoms with Crippen LogP contribution in [0.25, 0.3) is 0 Å². The molecule has 0 aliphatic rings. The number of rotatable bonds is 1. The molecule has 0 atom stereocenters. The first kappa shape index (κ1) is 6.83. The minimum atomic E-state index is -0.630. The number of aromatic nitrogens is 3. The molecule has 0 unspecified atom stereocenters. The second-order valence-electron chi connectivity index (χ2n) is 1.58. The van der Waals surface area contributed by atoms with Gasteiger partial charge in [0.2, 0.25) is 0 Å². The Kier molecular flexibility index (Phi) is 1.93. The van der Waals surface area contributed by atoms with Gasteiger partial charge < -0.3 is 0 Å². The van der Waals surface area contributed by atoms with Crippen LogP contribution in [0, 0.1) is 6.92 Å². The molecule has 1 aromatic rings. The number of hydrogen-bond acceptors (Lipinski definition) is 2. The van der Waals surface area contributed by atoms with Gasteiger partial charge in [0.1, 0.15) is 5.82 Å². The van der Waals surface area contributed by atoms with Crippen molar-refractivity contribution in [3.63, 3.8) is 0 Å². The third-order valence-corrected chi connectivity index (χ3v) is 1.20. The quantitative estimate of drug-likeness (QED) is 0.643. The minimum Gasteiger partial charge on any atom is -0.263 e. The molecular formula is C4H5Cl2N3. The van der Waals surface area contributed by atoms with E-state index in [0.717, 1.165) is 5.82 Å². The van der Waals surface area contributed by atoms with Crippen molar-refractivity contribution in [2.75, 3.05) is 0 Å². The van der Waals surface area contributed by atoms with Crippen LogP contribution in [0.1, 0.15) is 16.5 Å². The van der Waals surface area contributed by atoms with E-state index in [1.807, 2.05) is 0 Å². The molecule has 1 heterocycles. The van der Waals surface area contributed by atoms with Gasteiger partial charge in [-0.3, -0.25) is 5.10 Å². The zero-order valence-corrected chi connectivity index (χ0v) is 6.24. The predicted molar refractivity (Wildman–Crippen MR) is 35.6 cm³/mol. The summed E-state index contributed by atoms with van der Waals surface area (Å²) in [6.45, 7) is 1.78. The Morgan fingerprint density at radius 3 is 2.44 bits per heavy atom. The number of aryl methyl sites for hydroxylation is 1. The highest BCUT2D eigenvalue weighted by Gasteiger charge is 2.07. The smallest absolute Gasteiger partial charge is 0.183 e. The predicted octanol–water partition coefficient (Wildman–Crippen LogP) is 1.59. The molecule has 0 radical (unpaired) electrons. The maximum absolute atomic E-state index is 5.44. The summed E-state index contributed by atoms with van der Waals surface area (Å²) in [6, 6.07) is 0.